The Bertz CT molecular complexity index is 466. The molecular formula is C9H8N4O3. The van der Waals surface area contributed by atoms with E-state index in [9.17, 15) is 4.79 Å². The maximum atomic E-state index is 11.6. The van der Waals surface area contributed by atoms with E-state index in [1.54, 1.807) is 6.07 Å². The summed E-state index contributed by atoms with van der Waals surface area (Å²) in [5, 5.41) is 13.4. The van der Waals surface area contributed by atoms with Crippen LogP contribution >= 0.6 is 0 Å². The summed E-state index contributed by atoms with van der Waals surface area (Å²) in [6.45, 7) is 0. The average molecular weight is 220 g/mol. The van der Waals surface area contributed by atoms with Crippen LogP contribution in [-0.4, -0.2) is 28.4 Å². The summed E-state index contributed by atoms with van der Waals surface area (Å²) in [6, 6.07) is 4.57. The molecule has 0 radical (unpaired) electrons. The van der Waals surface area contributed by atoms with Crippen molar-refractivity contribution in [2.45, 2.75) is 0 Å². The lowest BCUT2D eigenvalue weighted by atomic mass is 10.3. The number of anilines is 1. The van der Waals surface area contributed by atoms with E-state index in [-0.39, 0.29) is 5.69 Å². The molecule has 0 saturated carbocycles. The van der Waals surface area contributed by atoms with E-state index in [0.717, 1.165) is 0 Å². The predicted octanol–water partition coefficient (Wildman–Crippen LogP) is 0.725. The molecule has 0 bridgehead atoms. The Labute approximate surface area is 90.4 Å². The largest absolute Gasteiger partial charge is 0.480 e. The summed E-state index contributed by atoms with van der Waals surface area (Å²) in [4.78, 5) is 11.6. The molecule has 0 aliphatic rings. The first kappa shape index (κ1) is 10.1. The van der Waals surface area contributed by atoms with Gasteiger partial charge < -0.3 is 14.6 Å². The summed E-state index contributed by atoms with van der Waals surface area (Å²) in [5.41, 5.74) is 0.170. The first-order valence-electron chi connectivity index (χ1n) is 4.39. The molecule has 0 atom stereocenters. The molecule has 2 heterocycles. The van der Waals surface area contributed by atoms with E-state index >= 15 is 0 Å². The summed E-state index contributed by atoms with van der Waals surface area (Å²) < 4.78 is 9.39. The number of hydrogen-bond donors (Lipinski definition) is 1. The normalized spacial score (nSPS) is 9.81. The Balaban J connectivity index is 2.09. The lowest BCUT2D eigenvalue weighted by Crippen LogP contribution is -2.14. The fourth-order valence-corrected chi connectivity index (χ4v) is 1.01. The summed E-state index contributed by atoms with van der Waals surface area (Å²) in [6.07, 6.45) is 1.36. The van der Waals surface area contributed by atoms with E-state index in [4.69, 9.17) is 4.74 Å². The first-order chi connectivity index (χ1) is 7.79. The third kappa shape index (κ3) is 2.14. The fourth-order valence-electron chi connectivity index (χ4n) is 1.01. The molecule has 0 fully saturated rings. The number of rotatable bonds is 3. The van der Waals surface area contributed by atoms with Crippen molar-refractivity contribution in [2.75, 3.05) is 12.4 Å². The van der Waals surface area contributed by atoms with Crippen LogP contribution in [0, 0.1) is 0 Å². The van der Waals surface area contributed by atoms with Crippen LogP contribution in [-0.2, 0) is 0 Å². The molecule has 0 spiro atoms. The molecule has 0 saturated heterocycles. The number of carbonyl (C=O) groups excluding carboxylic acids is 1. The number of carbonyl (C=O) groups is 1. The number of aromatic nitrogens is 3. The van der Waals surface area contributed by atoms with Crippen molar-refractivity contribution in [3.63, 3.8) is 0 Å². The monoisotopic (exact) mass is 220 g/mol. The van der Waals surface area contributed by atoms with Crippen LogP contribution in [0.1, 0.15) is 10.5 Å². The minimum Gasteiger partial charge on any atom is -0.480 e. The van der Waals surface area contributed by atoms with Crippen LogP contribution in [0.3, 0.4) is 0 Å². The zero-order valence-electron chi connectivity index (χ0n) is 8.38. The number of hydrogen-bond acceptors (Lipinski definition) is 6. The second-order valence-electron chi connectivity index (χ2n) is 2.80. The Morgan fingerprint density at radius 1 is 1.38 bits per heavy atom. The summed E-state index contributed by atoms with van der Waals surface area (Å²) >= 11 is 0. The first-order valence-corrected chi connectivity index (χ1v) is 4.39. The standard InChI is InChI=1S/C9H8N4O3/c1-15-8-3-2-6(11-12-8)9(14)10-7-4-5-16-13-7/h2-5H,1H3,(H,10,13,14). The van der Waals surface area contributed by atoms with Crippen LogP contribution in [0.4, 0.5) is 5.82 Å². The molecule has 1 N–H and O–H groups in total. The van der Waals surface area contributed by atoms with Gasteiger partial charge in [0, 0.05) is 12.1 Å². The fraction of sp³-hybridized carbons (Fsp3) is 0.111. The van der Waals surface area contributed by atoms with Gasteiger partial charge in [0.15, 0.2) is 11.5 Å². The lowest BCUT2D eigenvalue weighted by Gasteiger charge is -2.00. The van der Waals surface area contributed by atoms with Crippen molar-refractivity contribution in [1.82, 2.24) is 15.4 Å². The van der Waals surface area contributed by atoms with E-state index in [0.29, 0.717) is 11.7 Å². The van der Waals surface area contributed by atoms with Gasteiger partial charge in [0.05, 0.1) is 7.11 Å². The molecule has 2 rings (SSSR count). The smallest absolute Gasteiger partial charge is 0.277 e. The molecule has 1 amide bonds. The van der Waals surface area contributed by atoms with Crippen molar-refractivity contribution in [3.8, 4) is 5.88 Å². The Morgan fingerprint density at radius 3 is 2.81 bits per heavy atom. The number of nitrogens with one attached hydrogen (secondary N) is 1. The third-order valence-electron chi connectivity index (χ3n) is 1.76. The maximum Gasteiger partial charge on any atom is 0.277 e. The number of ether oxygens (including phenoxy) is 1. The number of amides is 1. The van der Waals surface area contributed by atoms with Crippen molar-refractivity contribution in [1.29, 1.82) is 0 Å². The average Bonchev–Trinajstić information content (AvgIpc) is 2.82. The van der Waals surface area contributed by atoms with Gasteiger partial charge >= 0.3 is 0 Å². The maximum absolute atomic E-state index is 11.6. The topological polar surface area (TPSA) is 90.1 Å². The van der Waals surface area contributed by atoms with E-state index in [1.807, 2.05) is 0 Å². The van der Waals surface area contributed by atoms with Gasteiger partial charge in [-0.15, -0.1) is 10.2 Å². The van der Waals surface area contributed by atoms with Crippen LogP contribution in [0.5, 0.6) is 5.88 Å². The second-order valence-corrected chi connectivity index (χ2v) is 2.80. The zero-order valence-corrected chi connectivity index (χ0v) is 8.38. The van der Waals surface area contributed by atoms with Crippen molar-refractivity contribution in [3.05, 3.63) is 30.2 Å². The van der Waals surface area contributed by atoms with Crippen LogP contribution in [0.2, 0.25) is 0 Å². The van der Waals surface area contributed by atoms with Gasteiger partial charge in [0.25, 0.3) is 5.91 Å². The summed E-state index contributed by atoms with van der Waals surface area (Å²) in [7, 11) is 1.47. The molecule has 2 aromatic heterocycles. The van der Waals surface area contributed by atoms with Gasteiger partial charge in [-0.05, 0) is 6.07 Å². The molecule has 7 nitrogen and oxygen atoms in total. The van der Waals surface area contributed by atoms with E-state index < -0.39 is 5.91 Å². The van der Waals surface area contributed by atoms with Crippen LogP contribution in [0.25, 0.3) is 0 Å². The SMILES string of the molecule is COc1ccc(C(=O)Nc2ccon2)nn1. The van der Waals surface area contributed by atoms with E-state index in [1.165, 1.54) is 25.5 Å². The molecular weight excluding hydrogens is 212 g/mol. The summed E-state index contributed by atoms with van der Waals surface area (Å²) in [5.74, 6) is 0.254. The Hall–Kier alpha value is -2.44. The molecule has 0 unspecified atom stereocenters. The molecule has 0 aliphatic carbocycles. The number of methoxy groups -OCH3 is 1. The highest BCUT2D eigenvalue weighted by molar-refractivity contribution is 6.02. The number of nitrogens with zero attached hydrogens (tertiary/aromatic N) is 3. The Morgan fingerprint density at radius 2 is 2.25 bits per heavy atom. The third-order valence-corrected chi connectivity index (χ3v) is 1.76. The highest BCUT2D eigenvalue weighted by Crippen LogP contribution is 2.06. The van der Waals surface area contributed by atoms with Gasteiger partial charge in [-0.1, -0.05) is 5.16 Å². The van der Waals surface area contributed by atoms with Crippen LogP contribution < -0.4 is 10.1 Å². The minimum atomic E-state index is -0.413. The highest BCUT2D eigenvalue weighted by atomic mass is 16.5. The van der Waals surface area contributed by atoms with E-state index in [2.05, 4.69) is 25.2 Å². The molecule has 2 aromatic rings. The Kier molecular flexibility index (Phi) is 2.77. The predicted molar refractivity (Wildman–Crippen MR) is 53.0 cm³/mol. The van der Waals surface area contributed by atoms with Crippen molar-refractivity contribution < 1.29 is 14.1 Å². The van der Waals surface area contributed by atoms with Gasteiger partial charge in [-0.3, -0.25) is 4.79 Å². The van der Waals surface area contributed by atoms with Gasteiger partial charge in [-0.25, -0.2) is 0 Å². The quantitative estimate of drug-likeness (QED) is 0.819. The van der Waals surface area contributed by atoms with Crippen molar-refractivity contribution >= 4 is 11.7 Å². The van der Waals surface area contributed by atoms with Gasteiger partial charge in [-0.2, -0.15) is 0 Å². The van der Waals surface area contributed by atoms with Crippen molar-refractivity contribution in [2.24, 2.45) is 0 Å². The zero-order chi connectivity index (χ0) is 11.4. The van der Waals surface area contributed by atoms with Crippen LogP contribution in [0.15, 0.2) is 29.0 Å². The molecule has 16 heavy (non-hydrogen) atoms. The second kappa shape index (κ2) is 4.39. The highest BCUT2D eigenvalue weighted by Gasteiger charge is 2.09. The molecule has 82 valence electrons. The van der Waals surface area contributed by atoms with Gasteiger partial charge in [0.2, 0.25) is 5.88 Å². The minimum absolute atomic E-state index is 0.170. The lowest BCUT2D eigenvalue weighted by molar-refractivity contribution is 0.102. The molecule has 7 heteroatoms. The molecule has 0 aromatic carbocycles. The van der Waals surface area contributed by atoms with Gasteiger partial charge in [0.1, 0.15) is 6.26 Å². The molecule has 0 aliphatic heterocycles.